The zero-order valence-corrected chi connectivity index (χ0v) is 20.2. The van der Waals surface area contributed by atoms with Gasteiger partial charge in [0.15, 0.2) is 0 Å². The molecule has 2 N–H and O–H groups in total. The van der Waals surface area contributed by atoms with E-state index in [2.05, 4.69) is 5.48 Å². The second kappa shape index (κ2) is 8.52. The van der Waals surface area contributed by atoms with E-state index in [9.17, 15) is 36.2 Å². The molecule has 1 saturated carbocycles. The summed E-state index contributed by atoms with van der Waals surface area (Å²) in [7, 11) is 0. The molecule has 1 saturated heterocycles. The molecule has 1 atom stereocenters. The lowest BCUT2D eigenvalue weighted by Gasteiger charge is -2.40. The van der Waals surface area contributed by atoms with E-state index in [0.717, 1.165) is 5.56 Å². The molecule has 2 fully saturated rings. The van der Waals surface area contributed by atoms with Crippen LogP contribution >= 0.6 is 23.2 Å². The molecule has 2 heterocycles. The summed E-state index contributed by atoms with van der Waals surface area (Å²) >= 11 is 11.4. The fourth-order valence-electron chi connectivity index (χ4n) is 4.41. The number of benzene rings is 2. The Labute approximate surface area is 216 Å². The largest absolute Gasteiger partial charge is 0.428 e. The molecule has 1 amide bonds. The van der Waals surface area contributed by atoms with Gasteiger partial charge in [0.2, 0.25) is 5.60 Å². The highest BCUT2D eigenvalue weighted by Crippen LogP contribution is 2.50. The molecular weight excluding hydrogens is 549 g/mol. The predicted octanol–water partition coefficient (Wildman–Crippen LogP) is 5.80. The number of likely N-dealkylation sites (tertiary alicyclic amines) is 1. The van der Waals surface area contributed by atoms with Gasteiger partial charge in [0.25, 0.3) is 5.91 Å². The van der Waals surface area contributed by atoms with Crippen molar-refractivity contribution in [3.05, 3.63) is 74.8 Å². The van der Waals surface area contributed by atoms with Crippen molar-refractivity contribution in [3.63, 3.8) is 0 Å². The highest BCUT2D eigenvalue weighted by molar-refractivity contribution is 6.42. The van der Waals surface area contributed by atoms with Crippen molar-refractivity contribution in [1.82, 2.24) is 10.4 Å². The molecule has 37 heavy (non-hydrogen) atoms. The maximum Gasteiger partial charge on any atom is 0.428 e. The molecule has 0 bridgehead atoms. The van der Waals surface area contributed by atoms with Crippen LogP contribution in [0.2, 0.25) is 10.0 Å². The quantitative estimate of drug-likeness (QED) is 0.459. The number of halogens is 8. The Morgan fingerprint density at radius 3 is 2.22 bits per heavy atom. The number of carbonyl (C=O) groups is 1. The van der Waals surface area contributed by atoms with Gasteiger partial charge in [-0.05, 0) is 42.2 Å². The van der Waals surface area contributed by atoms with Gasteiger partial charge in [-0.2, -0.15) is 26.3 Å². The Bertz CT molecular complexity index is 1290. The second-order valence-electron chi connectivity index (χ2n) is 9.37. The van der Waals surface area contributed by atoms with Crippen molar-refractivity contribution in [2.24, 2.45) is 0 Å². The van der Waals surface area contributed by atoms with Gasteiger partial charge in [-0.25, -0.2) is 0 Å². The average molecular weight is 567 g/mol. The van der Waals surface area contributed by atoms with E-state index in [1.165, 1.54) is 0 Å². The first-order valence-corrected chi connectivity index (χ1v) is 11.8. The molecule has 0 radical (unpaired) electrons. The molecule has 198 valence electrons. The molecule has 5 rings (SSSR count). The normalized spacial score (nSPS) is 23.4. The topological polar surface area (TPSA) is 61.8 Å². The van der Waals surface area contributed by atoms with Gasteiger partial charge in [0.1, 0.15) is 5.60 Å². The van der Waals surface area contributed by atoms with Crippen LogP contribution in [-0.2, 0) is 21.4 Å². The van der Waals surface area contributed by atoms with E-state index < -0.39 is 44.7 Å². The van der Waals surface area contributed by atoms with Gasteiger partial charge in [-0.15, -0.1) is 0 Å². The number of nitrogens with one attached hydrogen (secondary N) is 1. The first-order valence-electron chi connectivity index (χ1n) is 11.1. The van der Waals surface area contributed by atoms with Crippen LogP contribution in [0.5, 0.6) is 0 Å². The summed E-state index contributed by atoms with van der Waals surface area (Å²) < 4.78 is 82.9. The number of hydrogen-bond acceptors (Lipinski definition) is 4. The van der Waals surface area contributed by atoms with E-state index in [1.807, 2.05) is 0 Å². The molecule has 2 aromatic rings. The van der Waals surface area contributed by atoms with Crippen molar-refractivity contribution in [2.75, 3.05) is 13.1 Å². The fraction of sp³-hybridized carbons (Fsp3) is 0.375. The van der Waals surface area contributed by atoms with Crippen molar-refractivity contribution >= 4 is 34.8 Å². The molecule has 5 nitrogen and oxygen atoms in total. The van der Waals surface area contributed by atoms with E-state index in [4.69, 9.17) is 28.0 Å². The minimum atomic E-state index is -5.16. The van der Waals surface area contributed by atoms with Gasteiger partial charge in [0, 0.05) is 24.6 Å². The second-order valence-corrected chi connectivity index (χ2v) is 10.2. The maximum absolute atomic E-state index is 14.2. The predicted molar refractivity (Wildman–Crippen MR) is 121 cm³/mol. The van der Waals surface area contributed by atoms with Crippen LogP contribution in [-0.4, -0.2) is 40.8 Å². The Morgan fingerprint density at radius 2 is 1.68 bits per heavy atom. The van der Waals surface area contributed by atoms with Crippen LogP contribution in [0, 0.1) is 0 Å². The zero-order valence-electron chi connectivity index (χ0n) is 18.7. The standard InChI is InChI=1S/C24H18Cl2F6N2O3/c25-17-8-15(7-16(19(17)26)23(27,28)29)22(24(30,31)32)9-18(33-37-22)13-3-1-12(2-4-13)14-10-34(11-14)20(35)21(36)5-6-21/h1-4,7-9,14,33,36H,5-6,10-11H2. The summed E-state index contributed by atoms with van der Waals surface area (Å²) in [6.45, 7) is 0.835. The van der Waals surface area contributed by atoms with Crippen LogP contribution in [0.15, 0.2) is 42.5 Å². The number of nitrogens with zero attached hydrogens (tertiary/aromatic N) is 1. The van der Waals surface area contributed by atoms with Crippen molar-refractivity contribution in [2.45, 2.75) is 42.3 Å². The molecule has 0 spiro atoms. The lowest BCUT2D eigenvalue weighted by molar-refractivity contribution is -0.269. The summed E-state index contributed by atoms with van der Waals surface area (Å²) in [6, 6.07) is 7.42. The smallest absolute Gasteiger partial charge is 0.380 e. The number of amides is 1. The minimum absolute atomic E-state index is 0.00776. The van der Waals surface area contributed by atoms with E-state index >= 15 is 0 Å². The summed E-state index contributed by atoms with van der Waals surface area (Å²) in [5, 5.41) is 8.33. The van der Waals surface area contributed by atoms with Crippen LogP contribution in [0.25, 0.3) is 5.70 Å². The molecule has 1 unspecified atom stereocenters. The Hall–Kier alpha value is -2.47. The Morgan fingerprint density at radius 1 is 1.05 bits per heavy atom. The third-order valence-electron chi connectivity index (χ3n) is 6.84. The average Bonchev–Trinajstić information content (AvgIpc) is 3.36. The van der Waals surface area contributed by atoms with E-state index in [0.29, 0.717) is 43.6 Å². The Balaban J connectivity index is 1.41. The van der Waals surface area contributed by atoms with Gasteiger partial charge in [-0.3, -0.25) is 15.1 Å². The molecule has 2 aromatic carbocycles. The first kappa shape index (κ1) is 26.1. The summed E-state index contributed by atoms with van der Waals surface area (Å²) in [4.78, 5) is 18.6. The number of hydrogen-bond donors (Lipinski definition) is 2. The molecular formula is C24H18Cl2F6N2O3. The van der Waals surface area contributed by atoms with Gasteiger partial charge in [0.05, 0.1) is 21.3 Å². The lowest BCUT2D eigenvalue weighted by Crippen LogP contribution is -2.52. The van der Waals surface area contributed by atoms with E-state index in [1.54, 1.807) is 29.2 Å². The molecule has 0 aromatic heterocycles. The van der Waals surface area contributed by atoms with E-state index in [-0.39, 0.29) is 23.6 Å². The van der Waals surface area contributed by atoms with Crippen LogP contribution in [0.3, 0.4) is 0 Å². The number of aliphatic hydroxyl groups is 1. The van der Waals surface area contributed by atoms with Crippen molar-refractivity contribution in [1.29, 1.82) is 0 Å². The van der Waals surface area contributed by atoms with Crippen LogP contribution < -0.4 is 5.48 Å². The number of rotatable bonds is 4. The lowest BCUT2D eigenvalue weighted by atomic mass is 9.88. The van der Waals surface area contributed by atoms with Gasteiger partial charge >= 0.3 is 12.4 Å². The molecule has 2 aliphatic heterocycles. The van der Waals surface area contributed by atoms with Gasteiger partial charge in [-0.1, -0.05) is 47.5 Å². The Kier molecular flexibility index (Phi) is 6.02. The van der Waals surface area contributed by atoms with Crippen LogP contribution in [0.1, 0.15) is 41.0 Å². The van der Waals surface area contributed by atoms with Crippen molar-refractivity contribution < 1.29 is 41.1 Å². The highest BCUT2D eigenvalue weighted by Gasteiger charge is 2.60. The fourth-order valence-corrected chi connectivity index (χ4v) is 4.85. The maximum atomic E-state index is 14.2. The number of carbonyl (C=O) groups excluding carboxylic acids is 1. The molecule has 13 heteroatoms. The third kappa shape index (κ3) is 4.45. The summed E-state index contributed by atoms with van der Waals surface area (Å²) in [5.41, 5.74) is -3.68. The minimum Gasteiger partial charge on any atom is -0.380 e. The number of alkyl halides is 6. The third-order valence-corrected chi connectivity index (χ3v) is 7.64. The summed E-state index contributed by atoms with van der Waals surface area (Å²) in [5.74, 6) is -0.286. The zero-order chi connectivity index (χ0) is 27.0. The monoisotopic (exact) mass is 566 g/mol. The van der Waals surface area contributed by atoms with Crippen LogP contribution in [0.4, 0.5) is 26.3 Å². The molecule has 1 aliphatic carbocycles. The highest BCUT2D eigenvalue weighted by atomic mass is 35.5. The van der Waals surface area contributed by atoms with Crippen molar-refractivity contribution in [3.8, 4) is 0 Å². The first-order chi connectivity index (χ1) is 17.1. The van der Waals surface area contributed by atoms with Gasteiger partial charge < -0.3 is 10.0 Å². The molecule has 3 aliphatic rings. The SMILES string of the molecule is O=C(N1CC(c2ccc(C3=CC(c4cc(Cl)c(Cl)c(C(F)(F)F)c4)(C(F)(F)F)ON3)cc2)C1)C1(O)CC1. The summed E-state index contributed by atoms with van der Waals surface area (Å²) in [6.07, 6.45) is -8.65. The number of hydroxylamine groups is 1.